The van der Waals surface area contributed by atoms with Crippen molar-refractivity contribution in [2.45, 2.75) is 20.1 Å². The predicted octanol–water partition coefficient (Wildman–Crippen LogP) is 4.96. The van der Waals surface area contributed by atoms with Crippen molar-refractivity contribution in [1.29, 1.82) is 0 Å². The van der Waals surface area contributed by atoms with E-state index in [9.17, 15) is 4.57 Å². The minimum absolute atomic E-state index is 0.153. The van der Waals surface area contributed by atoms with E-state index in [0.29, 0.717) is 5.56 Å². The summed E-state index contributed by atoms with van der Waals surface area (Å²) in [5.74, 6) is 0. The average Bonchev–Trinajstić information content (AvgIpc) is 2.39. The van der Waals surface area contributed by atoms with E-state index in [1.807, 2.05) is 0 Å². The number of nitrogens with zero attached hydrogens (tertiary/aromatic N) is 3. The van der Waals surface area contributed by atoms with Gasteiger partial charge in [0.25, 0.3) is 0 Å². The Hall–Kier alpha value is -0.880. The van der Waals surface area contributed by atoms with Gasteiger partial charge in [0, 0.05) is 9.38 Å². The van der Waals surface area contributed by atoms with E-state index in [1.165, 1.54) is 0 Å². The van der Waals surface area contributed by atoms with Gasteiger partial charge in [0.2, 0.25) is 0 Å². The maximum Gasteiger partial charge on any atom is 0.475 e. The molecule has 1 aromatic carbocycles. The number of benzene rings is 1. The number of phosphoric acid groups is 1. The first kappa shape index (κ1) is 17.2. The van der Waals surface area contributed by atoms with E-state index in [0.717, 1.165) is 4.47 Å². The summed E-state index contributed by atoms with van der Waals surface area (Å²) in [4.78, 5) is 2.70. The molecule has 1 unspecified atom stereocenters. The van der Waals surface area contributed by atoms with Crippen molar-refractivity contribution in [1.82, 2.24) is 0 Å². The molecule has 0 saturated carbocycles. The summed E-state index contributed by atoms with van der Waals surface area (Å²) in [6.45, 7) is 3.63. The van der Waals surface area contributed by atoms with Crippen molar-refractivity contribution in [3.05, 3.63) is 44.7 Å². The molecule has 0 saturated heterocycles. The highest BCUT2D eigenvalue weighted by Gasteiger charge is 2.30. The first-order chi connectivity index (χ1) is 9.54. The van der Waals surface area contributed by atoms with E-state index in [1.54, 1.807) is 38.1 Å². The van der Waals surface area contributed by atoms with Crippen LogP contribution in [0.5, 0.6) is 0 Å². The summed E-state index contributed by atoms with van der Waals surface area (Å²) in [6.07, 6.45) is -1.09. The zero-order valence-electron chi connectivity index (χ0n) is 11.1. The first-order valence-electron chi connectivity index (χ1n) is 5.91. The topological polar surface area (TPSA) is 93.5 Å². The SMILES string of the molecule is CCOP(=O)(OCC)OC(N=[N+]=[N-])c1ccc(Br)cc1. The van der Waals surface area contributed by atoms with E-state index < -0.39 is 14.1 Å². The van der Waals surface area contributed by atoms with Crippen molar-refractivity contribution in [2.75, 3.05) is 13.2 Å². The van der Waals surface area contributed by atoms with Gasteiger partial charge < -0.3 is 0 Å². The molecule has 0 fully saturated rings. The second-order valence-electron chi connectivity index (χ2n) is 3.50. The van der Waals surface area contributed by atoms with Crippen LogP contribution in [-0.2, 0) is 18.1 Å². The second-order valence-corrected chi connectivity index (χ2v) is 6.03. The number of hydrogen-bond donors (Lipinski definition) is 0. The lowest BCUT2D eigenvalue weighted by molar-refractivity contribution is 0.0862. The molecule has 0 bridgehead atoms. The Labute approximate surface area is 125 Å². The Balaban J connectivity index is 2.99. The standard InChI is InChI=1S/C11H15BrN3O4P/c1-3-17-20(16,18-4-2)19-11(14-15-13)9-5-7-10(12)8-6-9/h5-8,11H,3-4H2,1-2H3. The fourth-order valence-corrected chi connectivity index (χ4v) is 2.86. The quantitative estimate of drug-likeness (QED) is 0.282. The summed E-state index contributed by atoms with van der Waals surface area (Å²) < 4.78 is 28.4. The Morgan fingerprint density at radius 2 is 1.85 bits per heavy atom. The van der Waals surface area contributed by atoms with Crippen LogP contribution in [-0.4, -0.2) is 13.2 Å². The van der Waals surface area contributed by atoms with E-state index >= 15 is 0 Å². The molecular weight excluding hydrogens is 349 g/mol. The van der Waals surface area contributed by atoms with Gasteiger partial charge in [0.1, 0.15) is 0 Å². The Morgan fingerprint density at radius 3 is 2.30 bits per heavy atom. The van der Waals surface area contributed by atoms with Crippen molar-refractivity contribution in [3.8, 4) is 0 Å². The zero-order chi connectivity index (χ0) is 15.0. The van der Waals surface area contributed by atoms with Gasteiger partial charge in [-0.2, -0.15) is 0 Å². The van der Waals surface area contributed by atoms with Crippen molar-refractivity contribution in [3.63, 3.8) is 0 Å². The molecular formula is C11H15BrN3O4P. The monoisotopic (exact) mass is 363 g/mol. The highest BCUT2D eigenvalue weighted by Crippen LogP contribution is 2.53. The third kappa shape index (κ3) is 5.25. The van der Waals surface area contributed by atoms with Crippen LogP contribution in [0.4, 0.5) is 0 Å². The van der Waals surface area contributed by atoms with Gasteiger partial charge in [-0.15, -0.1) is 0 Å². The fraction of sp³-hybridized carbons (Fsp3) is 0.455. The number of phosphoric ester groups is 1. The van der Waals surface area contributed by atoms with Gasteiger partial charge in [-0.25, -0.2) is 4.57 Å². The van der Waals surface area contributed by atoms with Crippen LogP contribution in [0, 0.1) is 0 Å². The lowest BCUT2D eigenvalue weighted by Gasteiger charge is -2.20. The number of halogens is 1. The predicted molar refractivity (Wildman–Crippen MR) is 78.0 cm³/mol. The van der Waals surface area contributed by atoms with Crippen LogP contribution in [0.3, 0.4) is 0 Å². The van der Waals surface area contributed by atoms with E-state index in [4.69, 9.17) is 19.1 Å². The maximum absolute atomic E-state index is 12.3. The molecule has 0 aliphatic rings. The molecule has 0 aliphatic heterocycles. The van der Waals surface area contributed by atoms with Gasteiger partial charge in [-0.05, 0) is 37.1 Å². The molecule has 1 aromatic rings. The maximum atomic E-state index is 12.3. The fourth-order valence-electron chi connectivity index (χ4n) is 1.36. The molecule has 0 amide bonds. The molecule has 9 heteroatoms. The molecule has 0 radical (unpaired) electrons. The number of rotatable bonds is 8. The second kappa shape index (κ2) is 8.42. The van der Waals surface area contributed by atoms with Crippen LogP contribution in [0.2, 0.25) is 0 Å². The smallest absolute Gasteiger partial charge is 0.287 e. The third-order valence-electron chi connectivity index (χ3n) is 2.12. The van der Waals surface area contributed by atoms with Crippen LogP contribution in [0.1, 0.15) is 25.6 Å². The van der Waals surface area contributed by atoms with E-state index in [2.05, 4.69) is 26.0 Å². The molecule has 110 valence electrons. The molecule has 7 nitrogen and oxygen atoms in total. The summed E-state index contributed by atoms with van der Waals surface area (Å²) in [6, 6.07) is 6.88. The average molecular weight is 364 g/mol. The largest absolute Gasteiger partial charge is 0.475 e. The Kier molecular flexibility index (Phi) is 7.23. The van der Waals surface area contributed by atoms with Crippen LogP contribution in [0.15, 0.2) is 33.9 Å². The normalized spacial score (nSPS) is 12.8. The van der Waals surface area contributed by atoms with Gasteiger partial charge in [0.05, 0.1) is 13.2 Å². The highest BCUT2D eigenvalue weighted by atomic mass is 79.9. The van der Waals surface area contributed by atoms with E-state index in [-0.39, 0.29) is 13.2 Å². The molecule has 0 aromatic heterocycles. The molecule has 0 spiro atoms. The molecule has 1 atom stereocenters. The number of azide groups is 1. The van der Waals surface area contributed by atoms with Gasteiger partial charge >= 0.3 is 7.82 Å². The summed E-state index contributed by atoms with van der Waals surface area (Å²) >= 11 is 3.30. The Bertz CT molecular complexity index is 509. The molecule has 0 heterocycles. The third-order valence-corrected chi connectivity index (χ3v) is 4.25. The molecule has 0 aliphatic carbocycles. The minimum atomic E-state index is -3.76. The summed E-state index contributed by atoms with van der Waals surface area (Å²) in [7, 11) is -3.76. The van der Waals surface area contributed by atoms with Crippen LogP contribution < -0.4 is 0 Å². The summed E-state index contributed by atoms with van der Waals surface area (Å²) in [5.41, 5.74) is 9.15. The lowest BCUT2D eigenvalue weighted by Crippen LogP contribution is -2.05. The lowest BCUT2D eigenvalue weighted by atomic mass is 10.2. The Morgan fingerprint density at radius 1 is 1.30 bits per heavy atom. The van der Waals surface area contributed by atoms with Crippen molar-refractivity contribution < 1.29 is 18.1 Å². The van der Waals surface area contributed by atoms with Crippen LogP contribution >= 0.6 is 23.8 Å². The van der Waals surface area contributed by atoms with Crippen molar-refractivity contribution >= 4 is 23.8 Å². The molecule has 1 rings (SSSR count). The minimum Gasteiger partial charge on any atom is -0.287 e. The first-order valence-corrected chi connectivity index (χ1v) is 8.17. The zero-order valence-corrected chi connectivity index (χ0v) is 13.6. The van der Waals surface area contributed by atoms with Gasteiger partial charge in [0.15, 0.2) is 6.23 Å². The molecule has 0 N–H and O–H groups in total. The van der Waals surface area contributed by atoms with Crippen LogP contribution in [0.25, 0.3) is 10.4 Å². The van der Waals surface area contributed by atoms with Crippen molar-refractivity contribution in [2.24, 2.45) is 5.11 Å². The highest BCUT2D eigenvalue weighted by molar-refractivity contribution is 9.10. The van der Waals surface area contributed by atoms with Gasteiger partial charge in [-0.1, -0.05) is 33.2 Å². The molecule has 20 heavy (non-hydrogen) atoms. The number of hydrogen-bond acceptors (Lipinski definition) is 5. The van der Waals surface area contributed by atoms with Gasteiger partial charge in [-0.3, -0.25) is 13.6 Å². The summed E-state index contributed by atoms with van der Waals surface area (Å²) in [5, 5.41) is 3.48.